The van der Waals surface area contributed by atoms with Gasteiger partial charge in [0.05, 0.1) is 37.1 Å². The van der Waals surface area contributed by atoms with Crippen LogP contribution in [0.2, 0.25) is 0 Å². The van der Waals surface area contributed by atoms with E-state index in [-0.39, 0.29) is 65.8 Å². The Morgan fingerprint density at radius 3 is 1.94 bits per heavy atom. The minimum atomic E-state index is -1.35. The first-order valence-electron chi connectivity index (χ1n) is 18.7. The van der Waals surface area contributed by atoms with Crippen molar-refractivity contribution in [3.05, 3.63) is 12.2 Å². The van der Waals surface area contributed by atoms with Crippen LogP contribution in [0.4, 0.5) is 0 Å². The van der Waals surface area contributed by atoms with E-state index >= 15 is 0 Å². The molecule has 8 N–H and O–H groups in total. The maximum Gasteiger partial charge on any atom is 0.186 e. The van der Waals surface area contributed by atoms with E-state index in [2.05, 4.69) is 26.8 Å². The van der Waals surface area contributed by atoms with Crippen LogP contribution < -0.4 is 0 Å². The Kier molecular flexibility index (Phi) is 11.0. The van der Waals surface area contributed by atoms with Gasteiger partial charge in [-0.2, -0.15) is 0 Å². The summed E-state index contributed by atoms with van der Waals surface area (Å²) >= 11 is 0. The molecule has 19 atom stereocenters. The van der Waals surface area contributed by atoms with Gasteiger partial charge in [0, 0.05) is 6.42 Å². The number of hydrogen-bond donors (Lipinski definition) is 8. The smallest absolute Gasteiger partial charge is 0.186 e. The van der Waals surface area contributed by atoms with Crippen molar-refractivity contribution >= 4 is 0 Å². The second-order valence-electron chi connectivity index (χ2n) is 17.3. The van der Waals surface area contributed by atoms with Gasteiger partial charge in [-0.25, -0.2) is 0 Å². The highest BCUT2D eigenvalue weighted by molar-refractivity contribution is 5.19. The van der Waals surface area contributed by atoms with Crippen LogP contribution in [-0.2, 0) is 18.9 Å². The van der Waals surface area contributed by atoms with E-state index in [4.69, 9.17) is 18.9 Å². The Balaban J connectivity index is 1.12. The fraction of sp³-hybridized carbons (Fsp3) is 0.946. The lowest BCUT2D eigenvalue weighted by molar-refractivity contribution is -0.298. The molecule has 12 heteroatoms. The summed E-state index contributed by atoms with van der Waals surface area (Å²) in [5.41, 5.74) is -1.39. The van der Waals surface area contributed by atoms with Gasteiger partial charge >= 0.3 is 0 Å². The maximum absolute atomic E-state index is 12.7. The molecule has 2 aliphatic heterocycles. The number of hydrogen-bond acceptors (Lipinski definition) is 12. The lowest BCUT2D eigenvalue weighted by atomic mass is 9.42. The molecule has 2 heterocycles. The summed E-state index contributed by atoms with van der Waals surface area (Å²) in [7, 11) is 0. The fourth-order valence-corrected chi connectivity index (χ4v) is 11.4. The van der Waals surface area contributed by atoms with Gasteiger partial charge in [0.15, 0.2) is 12.6 Å². The van der Waals surface area contributed by atoms with Crippen LogP contribution in [0, 0.1) is 46.3 Å². The molecule has 0 aromatic carbocycles. The summed E-state index contributed by atoms with van der Waals surface area (Å²) in [4.78, 5) is 0. The molecule has 6 fully saturated rings. The van der Waals surface area contributed by atoms with Crippen molar-refractivity contribution < 1.29 is 59.8 Å². The molecular formula is C37H62O12. The Labute approximate surface area is 290 Å². The fourth-order valence-electron chi connectivity index (χ4n) is 11.4. The van der Waals surface area contributed by atoms with Crippen LogP contribution in [0.1, 0.15) is 86.0 Å². The zero-order valence-corrected chi connectivity index (χ0v) is 29.8. The summed E-state index contributed by atoms with van der Waals surface area (Å²) < 4.78 is 23.3. The average Bonchev–Trinajstić information content (AvgIpc) is 3.41. The summed E-state index contributed by atoms with van der Waals surface area (Å²) in [6.45, 7) is 10.6. The SMILES string of the molecule is CC(C)[C@H](/C=C/[C@@H](C)[C@H]1CC[C@@H]2[C@]1(C)CC[C@@H]1[C@@]3(C)CC[C@H](O[C@@H]4OC[C@@H](O)[C@H](O)[C@H]4O)C[C@@H]3[C@@H](O)C[C@]12O)O[C@@H]1OC[C@@H](O)[C@H](O)[C@H]1O. The lowest BCUT2D eigenvalue weighted by Gasteiger charge is -2.66. The number of aliphatic hydroxyl groups is 8. The van der Waals surface area contributed by atoms with Crippen molar-refractivity contribution in [3.8, 4) is 0 Å². The van der Waals surface area contributed by atoms with Gasteiger partial charge in [-0.1, -0.05) is 46.8 Å². The first-order chi connectivity index (χ1) is 23.0. The van der Waals surface area contributed by atoms with Crippen LogP contribution >= 0.6 is 0 Å². The number of ether oxygens (including phenoxy) is 4. The Morgan fingerprint density at radius 1 is 0.694 bits per heavy atom. The normalized spacial score (nSPS) is 53.2. The van der Waals surface area contributed by atoms with Gasteiger partial charge in [0.25, 0.3) is 0 Å². The third-order valence-corrected chi connectivity index (χ3v) is 14.2. The molecule has 12 nitrogen and oxygen atoms in total. The monoisotopic (exact) mass is 698 g/mol. The molecule has 0 bridgehead atoms. The zero-order chi connectivity index (χ0) is 35.6. The summed E-state index contributed by atoms with van der Waals surface area (Å²) in [5, 5.41) is 85.2. The standard InChI is InChI=1S/C37H62O12/c1-18(2)26(49-34-32(44)30(42)25(40)17-47-34)8-6-19(3)21-7-9-27-35(21,4)13-11-28-36(5)12-10-20(14-22(36)23(38)15-37(27,28)45)48-33-31(43)29(41)24(39)16-46-33/h6,8,18-34,38-45H,7,9-17H2,1-5H3/b8-6+/t19-,20+,21-,22-,23+,24-,25-,26+,27-,28-,29+,30+,31-,32-,33+,34+,35-,36+,37-/m1/s1. The van der Waals surface area contributed by atoms with Gasteiger partial charge in [0.1, 0.15) is 36.6 Å². The zero-order valence-electron chi connectivity index (χ0n) is 29.8. The molecule has 0 spiro atoms. The van der Waals surface area contributed by atoms with E-state index in [0.717, 1.165) is 32.1 Å². The predicted molar refractivity (Wildman–Crippen MR) is 176 cm³/mol. The molecule has 0 radical (unpaired) electrons. The van der Waals surface area contributed by atoms with Gasteiger partial charge in [-0.15, -0.1) is 0 Å². The molecule has 0 aromatic rings. The minimum absolute atomic E-state index is 0.0417. The van der Waals surface area contributed by atoms with Crippen LogP contribution in [0.3, 0.4) is 0 Å². The highest BCUT2D eigenvalue weighted by atomic mass is 16.7. The number of fused-ring (bicyclic) bond motifs is 5. The molecule has 6 aliphatic rings. The van der Waals surface area contributed by atoms with Crippen LogP contribution in [-0.4, -0.2) is 127 Å². The molecule has 6 rings (SSSR count). The minimum Gasteiger partial charge on any atom is -0.393 e. The number of rotatable bonds is 8. The van der Waals surface area contributed by atoms with Gasteiger partial charge < -0.3 is 59.8 Å². The van der Waals surface area contributed by atoms with Gasteiger partial charge in [0.2, 0.25) is 0 Å². The van der Waals surface area contributed by atoms with E-state index in [1.807, 2.05) is 19.9 Å². The van der Waals surface area contributed by atoms with Crippen molar-refractivity contribution in [3.63, 3.8) is 0 Å². The van der Waals surface area contributed by atoms with Crippen LogP contribution in [0.5, 0.6) is 0 Å². The molecule has 282 valence electrons. The number of aliphatic hydroxyl groups excluding tert-OH is 7. The topological polar surface area (TPSA) is 199 Å². The van der Waals surface area contributed by atoms with Gasteiger partial charge in [-0.05, 0) is 91.3 Å². The van der Waals surface area contributed by atoms with E-state index in [1.165, 1.54) is 0 Å². The third kappa shape index (κ3) is 6.69. The largest absolute Gasteiger partial charge is 0.393 e. The molecule has 0 amide bonds. The maximum atomic E-state index is 12.7. The van der Waals surface area contributed by atoms with Crippen LogP contribution in [0.15, 0.2) is 12.2 Å². The van der Waals surface area contributed by atoms with Crippen molar-refractivity contribution in [1.82, 2.24) is 0 Å². The van der Waals surface area contributed by atoms with Crippen molar-refractivity contribution in [2.45, 2.75) is 159 Å². The first kappa shape index (κ1) is 38.0. The van der Waals surface area contributed by atoms with E-state index in [9.17, 15) is 40.9 Å². The Bertz CT molecular complexity index is 1170. The number of allylic oxidation sites excluding steroid dienone is 1. The van der Waals surface area contributed by atoms with E-state index < -0.39 is 60.9 Å². The second kappa shape index (κ2) is 14.2. The lowest BCUT2D eigenvalue weighted by Crippen LogP contribution is -2.67. The molecule has 4 aliphatic carbocycles. The first-order valence-corrected chi connectivity index (χ1v) is 18.7. The molecule has 0 unspecified atom stereocenters. The Hall–Kier alpha value is -0.740. The second-order valence-corrected chi connectivity index (χ2v) is 17.3. The highest BCUT2D eigenvalue weighted by Crippen LogP contribution is 2.69. The van der Waals surface area contributed by atoms with E-state index in [1.54, 1.807) is 0 Å². The molecule has 49 heavy (non-hydrogen) atoms. The molecule has 4 saturated carbocycles. The molecule has 0 aromatic heterocycles. The van der Waals surface area contributed by atoms with Gasteiger partial charge in [-0.3, -0.25) is 0 Å². The van der Waals surface area contributed by atoms with Crippen LogP contribution in [0.25, 0.3) is 0 Å². The van der Waals surface area contributed by atoms with E-state index in [0.29, 0.717) is 25.2 Å². The summed E-state index contributed by atoms with van der Waals surface area (Å²) in [6, 6.07) is 0. The molecule has 2 saturated heterocycles. The highest BCUT2D eigenvalue weighted by Gasteiger charge is 2.68. The average molecular weight is 699 g/mol. The predicted octanol–water partition coefficient (Wildman–Crippen LogP) is 1.23. The quantitative estimate of drug-likeness (QED) is 0.134. The Morgan fingerprint density at radius 2 is 1.29 bits per heavy atom. The summed E-state index contributed by atoms with van der Waals surface area (Å²) in [5.74, 6) is 0.591. The van der Waals surface area contributed by atoms with Crippen molar-refractivity contribution in [2.24, 2.45) is 46.3 Å². The van der Waals surface area contributed by atoms with Crippen molar-refractivity contribution in [1.29, 1.82) is 0 Å². The summed E-state index contributed by atoms with van der Waals surface area (Å²) in [6.07, 6.45) is -0.852. The van der Waals surface area contributed by atoms with Crippen molar-refractivity contribution in [2.75, 3.05) is 13.2 Å². The molecular weight excluding hydrogens is 636 g/mol. The third-order valence-electron chi connectivity index (χ3n) is 14.2.